The zero-order valence-corrected chi connectivity index (χ0v) is 5.00. The SMILES string of the molecule is O=C(O)C1CC[N]CN1. The van der Waals surface area contributed by atoms with Crippen molar-refractivity contribution in [2.24, 2.45) is 0 Å². The van der Waals surface area contributed by atoms with E-state index in [-0.39, 0.29) is 6.04 Å². The lowest BCUT2D eigenvalue weighted by molar-refractivity contribution is -0.140. The number of hydrogen-bond acceptors (Lipinski definition) is 2. The van der Waals surface area contributed by atoms with Gasteiger partial charge in [0.05, 0.1) is 6.67 Å². The normalized spacial score (nSPS) is 27.8. The third-order valence-corrected chi connectivity index (χ3v) is 1.32. The molecule has 51 valence electrons. The van der Waals surface area contributed by atoms with Gasteiger partial charge in [0.25, 0.3) is 0 Å². The highest BCUT2D eigenvalue weighted by molar-refractivity contribution is 5.73. The highest BCUT2D eigenvalue weighted by atomic mass is 16.4. The molecule has 1 unspecified atom stereocenters. The summed E-state index contributed by atoms with van der Waals surface area (Å²) in [6.45, 7) is 1.15. The van der Waals surface area contributed by atoms with Gasteiger partial charge in [0.2, 0.25) is 0 Å². The summed E-state index contributed by atoms with van der Waals surface area (Å²) in [5.41, 5.74) is 0. The Kier molecular flexibility index (Phi) is 2.02. The van der Waals surface area contributed by atoms with E-state index in [1.54, 1.807) is 0 Å². The Balaban J connectivity index is 2.31. The van der Waals surface area contributed by atoms with Gasteiger partial charge in [-0.05, 0) is 6.42 Å². The molecule has 1 rings (SSSR count). The topological polar surface area (TPSA) is 63.4 Å². The van der Waals surface area contributed by atoms with Gasteiger partial charge in [0.15, 0.2) is 0 Å². The van der Waals surface area contributed by atoms with Gasteiger partial charge in [-0.15, -0.1) is 0 Å². The molecule has 4 heteroatoms. The molecule has 0 bridgehead atoms. The van der Waals surface area contributed by atoms with Crippen LogP contribution in [-0.4, -0.2) is 30.3 Å². The smallest absolute Gasteiger partial charge is 0.320 e. The van der Waals surface area contributed by atoms with Crippen molar-refractivity contribution in [3.8, 4) is 0 Å². The van der Waals surface area contributed by atoms with Gasteiger partial charge >= 0.3 is 5.97 Å². The molecule has 0 amide bonds. The van der Waals surface area contributed by atoms with E-state index in [9.17, 15) is 4.79 Å². The number of hydrogen-bond donors (Lipinski definition) is 2. The second-order valence-electron chi connectivity index (χ2n) is 1.99. The van der Waals surface area contributed by atoms with Crippen molar-refractivity contribution in [2.75, 3.05) is 13.2 Å². The van der Waals surface area contributed by atoms with Gasteiger partial charge in [-0.1, -0.05) is 0 Å². The van der Waals surface area contributed by atoms with Crippen LogP contribution in [0, 0.1) is 0 Å². The first-order valence-electron chi connectivity index (χ1n) is 2.90. The van der Waals surface area contributed by atoms with Crippen LogP contribution < -0.4 is 10.6 Å². The summed E-state index contributed by atoms with van der Waals surface area (Å²) < 4.78 is 0. The summed E-state index contributed by atoms with van der Waals surface area (Å²) in [7, 11) is 0. The van der Waals surface area contributed by atoms with Crippen LogP contribution >= 0.6 is 0 Å². The Morgan fingerprint density at radius 1 is 1.78 bits per heavy atom. The molecule has 0 spiro atoms. The van der Waals surface area contributed by atoms with E-state index in [0.717, 1.165) is 0 Å². The van der Waals surface area contributed by atoms with Crippen LogP contribution in [-0.2, 0) is 4.79 Å². The molecule has 1 fully saturated rings. The van der Waals surface area contributed by atoms with Crippen LogP contribution in [0.2, 0.25) is 0 Å². The minimum atomic E-state index is -0.773. The molecular weight excluding hydrogens is 120 g/mol. The van der Waals surface area contributed by atoms with Gasteiger partial charge in [0.1, 0.15) is 6.04 Å². The fourth-order valence-electron chi connectivity index (χ4n) is 0.787. The largest absolute Gasteiger partial charge is 0.480 e. The fraction of sp³-hybridized carbons (Fsp3) is 0.800. The Morgan fingerprint density at radius 3 is 2.89 bits per heavy atom. The van der Waals surface area contributed by atoms with E-state index in [0.29, 0.717) is 19.6 Å². The Morgan fingerprint density at radius 2 is 2.56 bits per heavy atom. The highest BCUT2D eigenvalue weighted by Crippen LogP contribution is 1.94. The maximum absolute atomic E-state index is 10.3. The Hall–Kier alpha value is -0.610. The van der Waals surface area contributed by atoms with Crippen LogP contribution in [0.4, 0.5) is 0 Å². The first-order chi connectivity index (χ1) is 4.30. The molecule has 1 heterocycles. The molecule has 0 aromatic rings. The third-order valence-electron chi connectivity index (χ3n) is 1.32. The zero-order valence-electron chi connectivity index (χ0n) is 5.00. The van der Waals surface area contributed by atoms with Gasteiger partial charge in [-0.25, -0.2) is 5.32 Å². The van der Waals surface area contributed by atoms with Crippen molar-refractivity contribution in [3.05, 3.63) is 0 Å². The summed E-state index contributed by atoms with van der Waals surface area (Å²) in [6.07, 6.45) is 0.620. The maximum Gasteiger partial charge on any atom is 0.320 e. The second kappa shape index (κ2) is 2.80. The Bertz CT molecular complexity index is 110. The fourth-order valence-corrected chi connectivity index (χ4v) is 0.787. The number of aliphatic carboxylic acids is 1. The number of nitrogens with one attached hydrogen (secondary N) is 1. The molecule has 2 N–H and O–H groups in total. The summed E-state index contributed by atoms with van der Waals surface area (Å²) >= 11 is 0. The monoisotopic (exact) mass is 129 g/mol. The third kappa shape index (κ3) is 1.65. The minimum absolute atomic E-state index is 0.373. The average molecular weight is 129 g/mol. The molecule has 9 heavy (non-hydrogen) atoms. The number of nitrogens with zero attached hydrogens (tertiary/aromatic N) is 1. The van der Waals surface area contributed by atoms with Crippen LogP contribution in [0.15, 0.2) is 0 Å². The van der Waals surface area contributed by atoms with E-state index in [1.165, 1.54) is 0 Å². The summed E-state index contributed by atoms with van der Waals surface area (Å²) in [5.74, 6) is -0.773. The molecule has 1 radical (unpaired) electrons. The Labute approximate surface area is 53.2 Å². The predicted molar refractivity (Wildman–Crippen MR) is 31.0 cm³/mol. The number of carboxylic acid groups (broad SMARTS) is 1. The quantitative estimate of drug-likeness (QED) is 0.477. The predicted octanol–water partition coefficient (Wildman–Crippen LogP) is -1.01. The van der Waals surface area contributed by atoms with Gasteiger partial charge in [0, 0.05) is 6.54 Å². The maximum atomic E-state index is 10.3. The molecule has 1 aliphatic heterocycles. The van der Waals surface area contributed by atoms with Crippen molar-refractivity contribution in [2.45, 2.75) is 12.5 Å². The van der Waals surface area contributed by atoms with Crippen LogP contribution in [0.3, 0.4) is 0 Å². The highest BCUT2D eigenvalue weighted by Gasteiger charge is 2.18. The number of rotatable bonds is 1. The lowest BCUT2D eigenvalue weighted by Gasteiger charge is -2.18. The van der Waals surface area contributed by atoms with Crippen LogP contribution in [0.5, 0.6) is 0 Å². The molecule has 1 atom stereocenters. The molecule has 0 saturated carbocycles. The molecule has 0 aliphatic carbocycles. The van der Waals surface area contributed by atoms with Gasteiger partial charge < -0.3 is 5.11 Å². The summed E-state index contributed by atoms with van der Waals surface area (Å²) in [5, 5.41) is 15.1. The molecule has 4 nitrogen and oxygen atoms in total. The second-order valence-corrected chi connectivity index (χ2v) is 1.99. The first kappa shape index (κ1) is 6.51. The minimum Gasteiger partial charge on any atom is -0.480 e. The van der Waals surface area contributed by atoms with E-state index in [1.807, 2.05) is 0 Å². The number of carboxylic acids is 1. The molecule has 0 aromatic carbocycles. The van der Waals surface area contributed by atoms with Crippen LogP contribution in [0.1, 0.15) is 6.42 Å². The van der Waals surface area contributed by atoms with E-state index < -0.39 is 5.97 Å². The molecule has 1 saturated heterocycles. The van der Waals surface area contributed by atoms with E-state index in [2.05, 4.69) is 10.6 Å². The zero-order chi connectivity index (χ0) is 6.69. The summed E-state index contributed by atoms with van der Waals surface area (Å²) in [6, 6.07) is -0.373. The molecule has 1 aliphatic rings. The van der Waals surface area contributed by atoms with Gasteiger partial charge in [-0.2, -0.15) is 0 Å². The molecule has 0 aromatic heterocycles. The van der Waals surface area contributed by atoms with Crippen molar-refractivity contribution in [1.82, 2.24) is 10.6 Å². The van der Waals surface area contributed by atoms with Gasteiger partial charge in [-0.3, -0.25) is 10.1 Å². The molecular formula is C5H9N2O2. The van der Waals surface area contributed by atoms with Crippen molar-refractivity contribution in [3.63, 3.8) is 0 Å². The first-order valence-corrected chi connectivity index (χ1v) is 2.90. The lowest BCUT2D eigenvalue weighted by atomic mass is 10.2. The number of carbonyl (C=O) groups is 1. The van der Waals surface area contributed by atoms with E-state index >= 15 is 0 Å². The van der Waals surface area contributed by atoms with Crippen molar-refractivity contribution in [1.29, 1.82) is 0 Å². The summed E-state index contributed by atoms with van der Waals surface area (Å²) in [4.78, 5) is 10.3. The van der Waals surface area contributed by atoms with Crippen LogP contribution in [0.25, 0.3) is 0 Å². The van der Waals surface area contributed by atoms with Crippen molar-refractivity contribution < 1.29 is 9.90 Å². The standard InChI is InChI=1S/C5H9N2O2/c8-5(9)4-1-2-6-3-7-4/h4,7H,1-3H2,(H,8,9). The average Bonchev–Trinajstić information content (AvgIpc) is 1.90. The lowest BCUT2D eigenvalue weighted by Crippen LogP contribution is -2.46. The van der Waals surface area contributed by atoms with E-state index in [4.69, 9.17) is 5.11 Å². The van der Waals surface area contributed by atoms with Crippen molar-refractivity contribution >= 4 is 5.97 Å².